The first kappa shape index (κ1) is 14.8. The summed E-state index contributed by atoms with van der Waals surface area (Å²) in [6.07, 6.45) is 6.86. The van der Waals surface area contributed by atoms with Gasteiger partial charge in [-0.15, -0.1) is 0 Å². The molecule has 1 fully saturated rings. The lowest BCUT2D eigenvalue weighted by Gasteiger charge is -2.30. The van der Waals surface area contributed by atoms with Gasteiger partial charge in [0.15, 0.2) is 0 Å². The molecule has 0 spiro atoms. The smallest absolute Gasteiger partial charge is 0.224 e. The number of hydrogen-bond donors (Lipinski definition) is 2. The number of thioether (sulfide) groups is 1. The lowest BCUT2D eigenvalue weighted by Crippen LogP contribution is -2.44. The third-order valence-electron chi connectivity index (χ3n) is 3.75. The molecule has 3 N–H and O–H groups in total. The quantitative estimate of drug-likeness (QED) is 0.793. The SMILES string of the molecule is CSC1CCC(NC(=O)C(CN)C(C)C)CC1. The Bertz CT molecular complexity index is 238. The van der Waals surface area contributed by atoms with Crippen molar-refractivity contribution >= 4 is 17.7 Å². The summed E-state index contributed by atoms with van der Waals surface area (Å²) >= 11 is 1.95. The van der Waals surface area contributed by atoms with Crippen LogP contribution in [0.1, 0.15) is 39.5 Å². The van der Waals surface area contributed by atoms with E-state index in [0.717, 1.165) is 18.1 Å². The van der Waals surface area contributed by atoms with Crippen LogP contribution in [0.2, 0.25) is 0 Å². The van der Waals surface area contributed by atoms with Gasteiger partial charge in [-0.25, -0.2) is 0 Å². The Morgan fingerprint density at radius 2 is 1.94 bits per heavy atom. The minimum absolute atomic E-state index is 0.0340. The molecule has 100 valence electrons. The molecule has 0 aromatic rings. The van der Waals surface area contributed by atoms with Crippen LogP contribution in [0.4, 0.5) is 0 Å². The van der Waals surface area contributed by atoms with Gasteiger partial charge in [-0.3, -0.25) is 4.79 Å². The Hall–Kier alpha value is -0.220. The maximum Gasteiger partial charge on any atom is 0.224 e. The number of nitrogens with two attached hydrogens (primary N) is 1. The summed E-state index contributed by atoms with van der Waals surface area (Å²) in [5.41, 5.74) is 5.66. The maximum atomic E-state index is 12.0. The number of rotatable bonds is 5. The number of amides is 1. The average Bonchev–Trinajstić information content (AvgIpc) is 2.30. The Balaban J connectivity index is 2.36. The molecule has 1 rings (SSSR count). The monoisotopic (exact) mass is 258 g/mol. The molecule has 1 aliphatic carbocycles. The molecule has 1 atom stereocenters. The van der Waals surface area contributed by atoms with Crippen LogP contribution in [0.5, 0.6) is 0 Å². The van der Waals surface area contributed by atoms with Gasteiger partial charge in [-0.2, -0.15) is 11.8 Å². The van der Waals surface area contributed by atoms with Crippen LogP contribution in [0.15, 0.2) is 0 Å². The first-order chi connectivity index (χ1) is 8.08. The van der Waals surface area contributed by atoms with Crippen molar-refractivity contribution in [2.24, 2.45) is 17.6 Å². The molecule has 0 radical (unpaired) electrons. The highest BCUT2D eigenvalue weighted by atomic mass is 32.2. The van der Waals surface area contributed by atoms with Gasteiger partial charge in [-0.1, -0.05) is 13.8 Å². The van der Waals surface area contributed by atoms with Gasteiger partial charge in [0.05, 0.1) is 5.92 Å². The van der Waals surface area contributed by atoms with Crippen molar-refractivity contribution in [3.63, 3.8) is 0 Å². The van der Waals surface area contributed by atoms with Gasteiger partial charge < -0.3 is 11.1 Å². The zero-order chi connectivity index (χ0) is 12.8. The molecule has 1 saturated carbocycles. The molecule has 3 nitrogen and oxygen atoms in total. The predicted octanol–water partition coefficient (Wildman–Crippen LogP) is 2.01. The van der Waals surface area contributed by atoms with E-state index in [9.17, 15) is 4.79 Å². The van der Waals surface area contributed by atoms with Crippen molar-refractivity contribution in [2.75, 3.05) is 12.8 Å². The molecule has 0 saturated heterocycles. The molecule has 1 aliphatic rings. The van der Waals surface area contributed by atoms with E-state index >= 15 is 0 Å². The highest BCUT2D eigenvalue weighted by Gasteiger charge is 2.26. The normalized spacial score (nSPS) is 26.9. The van der Waals surface area contributed by atoms with Gasteiger partial charge in [0.1, 0.15) is 0 Å². The lowest BCUT2D eigenvalue weighted by molar-refractivity contribution is -0.126. The summed E-state index contributed by atoms with van der Waals surface area (Å²) in [6, 6.07) is 0.374. The Kier molecular flexibility index (Phi) is 6.34. The highest BCUT2D eigenvalue weighted by Crippen LogP contribution is 2.27. The number of nitrogens with one attached hydrogen (secondary N) is 1. The van der Waals surface area contributed by atoms with Crippen LogP contribution in [-0.4, -0.2) is 30.0 Å². The molecule has 0 bridgehead atoms. The van der Waals surface area contributed by atoms with Gasteiger partial charge >= 0.3 is 0 Å². The lowest BCUT2D eigenvalue weighted by atomic mass is 9.91. The van der Waals surface area contributed by atoms with Crippen molar-refractivity contribution in [3.05, 3.63) is 0 Å². The summed E-state index contributed by atoms with van der Waals surface area (Å²) in [5.74, 6) is 0.436. The summed E-state index contributed by atoms with van der Waals surface area (Å²) in [7, 11) is 0. The van der Waals surface area contributed by atoms with Gasteiger partial charge in [-0.05, 0) is 37.9 Å². The van der Waals surface area contributed by atoms with Crippen LogP contribution < -0.4 is 11.1 Å². The summed E-state index contributed by atoms with van der Waals surface area (Å²) in [5, 5.41) is 3.96. The molecule has 0 heterocycles. The van der Waals surface area contributed by atoms with Crippen LogP contribution in [-0.2, 0) is 4.79 Å². The van der Waals surface area contributed by atoms with E-state index in [1.807, 2.05) is 11.8 Å². The second-order valence-electron chi connectivity index (χ2n) is 5.30. The highest BCUT2D eigenvalue weighted by molar-refractivity contribution is 7.99. The van der Waals surface area contributed by atoms with Gasteiger partial charge in [0.2, 0.25) is 5.91 Å². The number of hydrogen-bond acceptors (Lipinski definition) is 3. The third-order valence-corrected chi connectivity index (χ3v) is 4.89. The van der Waals surface area contributed by atoms with Crippen LogP contribution in [0.25, 0.3) is 0 Å². The van der Waals surface area contributed by atoms with Gasteiger partial charge in [0, 0.05) is 17.8 Å². The average molecular weight is 258 g/mol. The molecule has 1 unspecified atom stereocenters. The number of carbonyl (C=O) groups excluding carboxylic acids is 1. The molecule has 0 aromatic carbocycles. The molecule has 4 heteroatoms. The molecular weight excluding hydrogens is 232 g/mol. The van der Waals surface area contributed by atoms with Crippen LogP contribution in [0.3, 0.4) is 0 Å². The van der Waals surface area contributed by atoms with E-state index in [0.29, 0.717) is 18.5 Å². The molecule has 0 aliphatic heterocycles. The minimum atomic E-state index is -0.0340. The number of carbonyl (C=O) groups is 1. The Morgan fingerprint density at radius 1 is 1.35 bits per heavy atom. The van der Waals surface area contributed by atoms with Crippen molar-refractivity contribution in [2.45, 2.75) is 50.8 Å². The fraction of sp³-hybridized carbons (Fsp3) is 0.923. The summed E-state index contributed by atoms with van der Waals surface area (Å²) < 4.78 is 0. The topological polar surface area (TPSA) is 55.1 Å². The van der Waals surface area contributed by atoms with E-state index < -0.39 is 0 Å². The zero-order valence-corrected chi connectivity index (χ0v) is 12.1. The predicted molar refractivity (Wildman–Crippen MR) is 75.1 cm³/mol. The van der Waals surface area contributed by atoms with E-state index in [-0.39, 0.29) is 11.8 Å². The van der Waals surface area contributed by atoms with Crippen molar-refractivity contribution < 1.29 is 4.79 Å². The second kappa shape index (κ2) is 7.27. The van der Waals surface area contributed by atoms with Gasteiger partial charge in [0.25, 0.3) is 0 Å². The Morgan fingerprint density at radius 3 is 2.35 bits per heavy atom. The van der Waals surface area contributed by atoms with E-state index in [2.05, 4.69) is 25.4 Å². The summed E-state index contributed by atoms with van der Waals surface area (Å²) in [6.45, 7) is 4.56. The molecular formula is C13H26N2OS. The maximum absolute atomic E-state index is 12.0. The summed E-state index contributed by atoms with van der Waals surface area (Å²) in [4.78, 5) is 12.0. The fourth-order valence-corrected chi connectivity index (χ4v) is 3.18. The first-order valence-electron chi connectivity index (χ1n) is 6.61. The fourth-order valence-electron chi connectivity index (χ4n) is 2.43. The van der Waals surface area contributed by atoms with E-state index in [1.54, 1.807) is 0 Å². The van der Waals surface area contributed by atoms with Crippen LogP contribution >= 0.6 is 11.8 Å². The van der Waals surface area contributed by atoms with Crippen molar-refractivity contribution in [1.29, 1.82) is 0 Å². The van der Waals surface area contributed by atoms with E-state index in [4.69, 9.17) is 5.73 Å². The molecule has 17 heavy (non-hydrogen) atoms. The minimum Gasteiger partial charge on any atom is -0.353 e. The zero-order valence-electron chi connectivity index (χ0n) is 11.2. The standard InChI is InChI=1S/C13H26N2OS/c1-9(2)12(8-14)13(16)15-10-4-6-11(17-3)7-5-10/h9-12H,4-8,14H2,1-3H3,(H,15,16). The van der Waals surface area contributed by atoms with Crippen LogP contribution in [0, 0.1) is 11.8 Å². The second-order valence-corrected chi connectivity index (χ2v) is 6.44. The Labute approximate surface area is 109 Å². The first-order valence-corrected chi connectivity index (χ1v) is 7.90. The largest absolute Gasteiger partial charge is 0.353 e. The van der Waals surface area contributed by atoms with Crippen molar-refractivity contribution in [1.82, 2.24) is 5.32 Å². The molecule has 1 amide bonds. The van der Waals surface area contributed by atoms with E-state index in [1.165, 1.54) is 12.8 Å². The third kappa shape index (κ3) is 4.51. The molecule has 0 aromatic heterocycles. The van der Waals surface area contributed by atoms with Crippen molar-refractivity contribution in [3.8, 4) is 0 Å².